The third-order valence-corrected chi connectivity index (χ3v) is 4.85. The number of fused-ring (bicyclic) bond motifs is 1. The molecule has 1 N–H and O–H groups in total. The van der Waals surface area contributed by atoms with Gasteiger partial charge in [0, 0.05) is 10.0 Å². The van der Waals surface area contributed by atoms with Crippen LogP contribution in [0.3, 0.4) is 0 Å². The van der Waals surface area contributed by atoms with E-state index < -0.39 is 0 Å². The van der Waals surface area contributed by atoms with Gasteiger partial charge in [-0.3, -0.25) is 0 Å². The number of nitrogens with one attached hydrogen (secondary N) is 1. The zero-order valence-electron chi connectivity index (χ0n) is 13.1. The van der Waals surface area contributed by atoms with Crippen LogP contribution in [-0.4, -0.2) is 27.3 Å². The Balaban J connectivity index is 1.75. The van der Waals surface area contributed by atoms with Crippen LogP contribution < -0.4 is 10.1 Å². The van der Waals surface area contributed by atoms with E-state index in [-0.39, 0.29) is 12.1 Å². The van der Waals surface area contributed by atoms with Crippen molar-refractivity contribution < 1.29 is 4.74 Å². The van der Waals surface area contributed by atoms with Gasteiger partial charge in [-0.15, -0.1) is 0 Å². The third kappa shape index (κ3) is 2.65. The first-order valence-electron chi connectivity index (χ1n) is 7.69. The molecule has 1 aliphatic heterocycles. The molecule has 4 rings (SSSR count). The van der Waals surface area contributed by atoms with Gasteiger partial charge in [-0.05, 0) is 40.6 Å². The van der Waals surface area contributed by atoms with Crippen LogP contribution in [0, 0.1) is 0 Å². The molecular weight excluding hydrogens is 370 g/mol. The third-order valence-electron chi connectivity index (χ3n) is 4.32. The normalized spacial score (nSPS) is 19.4. The van der Waals surface area contributed by atoms with Crippen LogP contribution >= 0.6 is 15.9 Å². The Kier molecular flexibility index (Phi) is 3.93. The number of hydrogen-bond acceptors (Lipinski definition) is 5. The number of aromatic nitrogens is 4. The lowest BCUT2D eigenvalue weighted by molar-refractivity contribution is 0.377. The molecule has 2 atom stereocenters. The highest BCUT2D eigenvalue weighted by Crippen LogP contribution is 2.40. The summed E-state index contributed by atoms with van der Waals surface area (Å²) in [6, 6.07) is 16.5. The van der Waals surface area contributed by atoms with Crippen molar-refractivity contribution >= 4 is 21.9 Å². The molecule has 2 aromatic carbocycles. The van der Waals surface area contributed by atoms with Crippen molar-refractivity contribution in [3.05, 3.63) is 64.1 Å². The van der Waals surface area contributed by atoms with Crippen molar-refractivity contribution in [2.45, 2.75) is 18.5 Å². The summed E-state index contributed by atoms with van der Waals surface area (Å²) in [5, 5.41) is 15.5. The summed E-state index contributed by atoms with van der Waals surface area (Å²) >= 11 is 3.48. The van der Waals surface area contributed by atoms with E-state index in [0.717, 1.165) is 22.2 Å². The van der Waals surface area contributed by atoms with E-state index in [4.69, 9.17) is 4.74 Å². The highest BCUT2D eigenvalue weighted by molar-refractivity contribution is 9.10. The lowest BCUT2D eigenvalue weighted by Crippen LogP contribution is -2.28. The van der Waals surface area contributed by atoms with Gasteiger partial charge in [-0.2, -0.15) is 0 Å². The first kappa shape index (κ1) is 15.1. The first-order valence-corrected chi connectivity index (χ1v) is 8.48. The summed E-state index contributed by atoms with van der Waals surface area (Å²) in [6.45, 7) is 0. The summed E-state index contributed by atoms with van der Waals surface area (Å²) in [6.07, 6.45) is 0.833. The number of tetrazole rings is 1. The fourth-order valence-corrected chi connectivity index (χ4v) is 3.42. The maximum Gasteiger partial charge on any atom is 0.243 e. The molecule has 0 unspecified atom stereocenters. The number of rotatable bonds is 3. The number of methoxy groups -OCH3 is 1. The molecule has 1 aromatic heterocycles. The molecule has 122 valence electrons. The summed E-state index contributed by atoms with van der Waals surface area (Å²) in [7, 11) is 1.69. The predicted octanol–water partition coefficient (Wildman–Crippen LogP) is 3.59. The van der Waals surface area contributed by atoms with Crippen LogP contribution in [0.2, 0.25) is 0 Å². The lowest BCUT2D eigenvalue weighted by Gasteiger charge is -2.31. The van der Waals surface area contributed by atoms with E-state index in [1.807, 2.05) is 35.0 Å². The molecular formula is C17H16BrN5O. The minimum atomic E-state index is 0.0149. The Labute approximate surface area is 148 Å². The summed E-state index contributed by atoms with van der Waals surface area (Å²) in [5.74, 6) is 1.52. The van der Waals surface area contributed by atoms with E-state index in [1.54, 1.807) is 7.11 Å². The minimum absolute atomic E-state index is 0.0149. The number of ether oxygens (including phenoxy) is 1. The zero-order valence-corrected chi connectivity index (χ0v) is 14.6. The van der Waals surface area contributed by atoms with Gasteiger partial charge in [0.15, 0.2) is 0 Å². The Hall–Kier alpha value is -2.41. The van der Waals surface area contributed by atoms with Crippen LogP contribution in [0.25, 0.3) is 0 Å². The van der Waals surface area contributed by atoms with Crippen LogP contribution in [0.5, 0.6) is 5.75 Å². The molecule has 0 saturated heterocycles. The van der Waals surface area contributed by atoms with Crippen molar-refractivity contribution in [3.8, 4) is 5.75 Å². The van der Waals surface area contributed by atoms with Gasteiger partial charge in [-0.25, -0.2) is 4.68 Å². The smallest absolute Gasteiger partial charge is 0.243 e. The van der Waals surface area contributed by atoms with Gasteiger partial charge >= 0.3 is 0 Å². The summed E-state index contributed by atoms with van der Waals surface area (Å²) < 4.78 is 8.43. The van der Waals surface area contributed by atoms with Crippen LogP contribution in [-0.2, 0) is 0 Å². The lowest BCUT2D eigenvalue weighted by atomic mass is 9.93. The highest BCUT2D eigenvalue weighted by Gasteiger charge is 2.32. The van der Waals surface area contributed by atoms with E-state index in [1.165, 1.54) is 5.56 Å². The van der Waals surface area contributed by atoms with Gasteiger partial charge in [0.1, 0.15) is 5.75 Å². The number of para-hydroxylation sites is 1. The second-order valence-electron chi connectivity index (χ2n) is 5.69. The van der Waals surface area contributed by atoms with Crippen molar-refractivity contribution in [1.29, 1.82) is 0 Å². The second kappa shape index (κ2) is 6.24. The van der Waals surface area contributed by atoms with E-state index in [0.29, 0.717) is 5.95 Å². The molecule has 2 heterocycles. The topological polar surface area (TPSA) is 64.9 Å². The van der Waals surface area contributed by atoms with Crippen molar-refractivity contribution in [2.24, 2.45) is 0 Å². The van der Waals surface area contributed by atoms with Crippen LogP contribution in [0.1, 0.15) is 29.6 Å². The number of hydrogen-bond donors (Lipinski definition) is 1. The fraction of sp³-hybridized carbons (Fsp3) is 0.235. The number of anilines is 1. The van der Waals surface area contributed by atoms with Gasteiger partial charge in [0.25, 0.3) is 0 Å². The molecule has 0 radical (unpaired) electrons. The fourth-order valence-electron chi connectivity index (χ4n) is 3.15. The monoisotopic (exact) mass is 385 g/mol. The molecule has 3 aromatic rings. The van der Waals surface area contributed by atoms with Gasteiger partial charge < -0.3 is 10.1 Å². The molecule has 24 heavy (non-hydrogen) atoms. The summed E-state index contributed by atoms with van der Waals surface area (Å²) in [5.41, 5.74) is 2.28. The predicted molar refractivity (Wildman–Crippen MR) is 94.1 cm³/mol. The van der Waals surface area contributed by atoms with E-state index >= 15 is 0 Å². The first-order chi connectivity index (χ1) is 11.8. The molecule has 0 amide bonds. The van der Waals surface area contributed by atoms with Gasteiger partial charge in [0.05, 0.1) is 19.2 Å². The van der Waals surface area contributed by atoms with E-state index in [2.05, 4.69) is 55.0 Å². The average Bonchev–Trinajstić information content (AvgIpc) is 3.10. The van der Waals surface area contributed by atoms with Gasteiger partial charge in [-0.1, -0.05) is 51.4 Å². The Morgan fingerprint density at radius 3 is 2.75 bits per heavy atom. The second-order valence-corrected chi connectivity index (χ2v) is 6.60. The maximum absolute atomic E-state index is 5.54. The van der Waals surface area contributed by atoms with Crippen LogP contribution in [0.15, 0.2) is 53.0 Å². The van der Waals surface area contributed by atoms with E-state index in [9.17, 15) is 0 Å². The van der Waals surface area contributed by atoms with Crippen molar-refractivity contribution in [2.75, 3.05) is 12.4 Å². The van der Waals surface area contributed by atoms with Crippen molar-refractivity contribution in [1.82, 2.24) is 20.2 Å². The molecule has 0 aliphatic carbocycles. The molecule has 0 fully saturated rings. The number of halogens is 1. The Morgan fingerprint density at radius 1 is 1.17 bits per heavy atom. The Morgan fingerprint density at radius 2 is 1.96 bits per heavy atom. The van der Waals surface area contributed by atoms with Crippen molar-refractivity contribution in [3.63, 3.8) is 0 Å². The largest absolute Gasteiger partial charge is 0.496 e. The number of nitrogens with zero attached hydrogens (tertiary/aromatic N) is 4. The number of benzene rings is 2. The molecule has 0 bridgehead atoms. The molecule has 7 heteroatoms. The summed E-state index contributed by atoms with van der Waals surface area (Å²) in [4.78, 5) is 0. The molecule has 6 nitrogen and oxygen atoms in total. The average molecular weight is 386 g/mol. The highest BCUT2D eigenvalue weighted by atomic mass is 79.9. The molecule has 1 aliphatic rings. The molecule has 0 spiro atoms. The zero-order chi connectivity index (χ0) is 16.5. The maximum atomic E-state index is 5.54. The van der Waals surface area contributed by atoms with Crippen LogP contribution in [0.4, 0.5) is 5.95 Å². The quantitative estimate of drug-likeness (QED) is 0.745. The standard InChI is InChI=1S/C17H16BrN5O/c1-24-16-5-3-2-4-13(16)15-10-14(11-6-8-12(18)9-7-11)19-17-20-21-22-23(15)17/h2-9,14-15H,10H2,1H3,(H,19,20,22)/t14-,15-/m1/s1. The Bertz CT molecular complexity index is 848. The van der Waals surface area contributed by atoms with Gasteiger partial charge in [0.2, 0.25) is 5.95 Å². The minimum Gasteiger partial charge on any atom is -0.496 e. The SMILES string of the molecule is COc1ccccc1[C@H]1C[C@H](c2ccc(Br)cc2)Nc2nnnn21. The molecule has 0 saturated carbocycles.